The van der Waals surface area contributed by atoms with E-state index in [9.17, 15) is 8.42 Å². The van der Waals surface area contributed by atoms with Crippen molar-refractivity contribution in [2.45, 2.75) is 12.8 Å². The lowest BCUT2D eigenvalue weighted by Crippen LogP contribution is -2.19. The van der Waals surface area contributed by atoms with Crippen molar-refractivity contribution >= 4 is 15.9 Å². The van der Waals surface area contributed by atoms with E-state index >= 15 is 0 Å². The van der Waals surface area contributed by atoms with E-state index in [1.807, 2.05) is 24.3 Å². The van der Waals surface area contributed by atoms with Crippen LogP contribution in [0.15, 0.2) is 54.6 Å². The zero-order valence-corrected chi connectivity index (χ0v) is 12.1. The first-order chi connectivity index (χ1) is 10.0. The summed E-state index contributed by atoms with van der Waals surface area (Å²) in [6, 6.07) is 15.5. The van der Waals surface area contributed by atoms with Crippen LogP contribution in [-0.4, -0.2) is 8.42 Å². The van der Waals surface area contributed by atoms with Gasteiger partial charge in [-0.2, -0.15) is 13.6 Å². The van der Waals surface area contributed by atoms with Crippen molar-refractivity contribution < 1.29 is 12.6 Å². The van der Waals surface area contributed by atoms with Gasteiger partial charge in [0.1, 0.15) is 5.75 Å². The second-order valence-electron chi connectivity index (χ2n) is 4.98. The van der Waals surface area contributed by atoms with E-state index in [4.69, 9.17) is 9.32 Å². The number of nitrogens with two attached hydrogens (primary N) is 1. The summed E-state index contributed by atoms with van der Waals surface area (Å²) in [6.07, 6.45) is 3.74. The van der Waals surface area contributed by atoms with Gasteiger partial charge in [-0.1, -0.05) is 42.5 Å². The number of hydrogen-bond acceptors (Lipinski definition) is 3. The molecule has 0 radical (unpaired) electrons. The molecule has 21 heavy (non-hydrogen) atoms. The van der Waals surface area contributed by atoms with Crippen LogP contribution in [0.1, 0.15) is 16.7 Å². The molecule has 1 aliphatic carbocycles. The molecule has 2 aromatic carbocycles. The predicted octanol–water partition coefficient (Wildman–Crippen LogP) is 2.45. The first-order valence-corrected chi connectivity index (χ1v) is 8.07. The molecule has 0 aromatic heterocycles. The van der Waals surface area contributed by atoms with Gasteiger partial charge in [-0.15, -0.1) is 0 Å². The molecule has 0 bridgehead atoms. The number of benzene rings is 2. The molecule has 0 saturated carbocycles. The van der Waals surface area contributed by atoms with E-state index < -0.39 is 10.3 Å². The van der Waals surface area contributed by atoms with E-state index in [0.29, 0.717) is 0 Å². The highest BCUT2D eigenvalue weighted by atomic mass is 32.2. The molecule has 0 aliphatic heterocycles. The van der Waals surface area contributed by atoms with Crippen molar-refractivity contribution in [1.82, 2.24) is 0 Å². The van der Waals surface area contributed by atoms with Crippen LogP contribution in [0.25, 0.3) is 5.57 Å². The Morgan fingerprint density at radius 3 is 2.48 bits per heavy atom. The van der Waals surface area contributed by atoms with Gasteiger partial charge in [0, 0.05) is 0 Å². The van der Waals surface area contributed by atoms with Crippen LogP contribution in [0.2, 0.25) is 0 Å². The van der Waals surface area contributed by atoms with Crippen molar-refractivity contribution in [3.05, 3.63) is 71.3 Å². The molecule has 0 saturated heterocycles. The third kappa shape index (κ3) is 3.32. The molecule has 2 aromatic rings. The zero-order chi connectivity index (χ0) is 14.9. The van der Waals surface area contributed by atoms with Crippen LogP contribution >= 0.6 is 0 Å². The average molecular weight is 301 g/mol. The minimum atomic E-state index is -3.97. The van der Waals surface area contributed by atoms with Crippen molar-refractivity contribution in [3.63, 3.8) is 0 Å². The molecule has 0 amide bonds. The van der Waals surface area contributed by atoms with Gasteiger partial charge in [0.25, 0.3) is 0 Å². The van der Waals surface area contributed by atoms with Crippen molar-refractivity contribution in [3.8, 4) is 5.75 Å². The molecule has 5 heteroatoms. The van der Waals surface area contributed by atoms with Gasteiger partial charge < -0.3 is 4.18 Å². The summed E-state index contributed by atoms with van der Waals surface area (Å²) in [5, 5.41) is 4.88. The Morgan fingerprint density at radius 1 is 1.00 bits per heavy atom. The lowest BCUT2D eigenvalue weighted by molar-refractivity contribution is 0.487. The second-order valence-corrected chi connectivity index (χ2v) is 6.14. The van der Waals surface area contributed by atoms with Crippen LogP contribution in [0.3, 0.4) is 0 Å². The molecule has 0 unspecified atom stereocenters. The Labute approximate surface area is 124 Å². The lowest BCUT2D eigenvalue weighted by Gasteiger charge is -2.18. The van der Waals surface area contributed by atoms with Gasteiger partial charge >= 0.3 is 10.3 Å². The van der Waals surface area contributed by atoms with Gasteiger partial charge in [0.05, 0.1) is 0 Å². The minimum Gasteiger partial charge on any atom is -0.371 e. The smallest absolute Gasteiger partial charge is 0.371 e. The summed E-state index contributed by atoms with van der Waals surface area (Å²) < 4.78 is 26.6. The second kappa shape index (κ2) is 5.35. The van der Waals surface area contributed by atoms with Crippen LogP contribution < -0.4 is 9.32 Å². The molecule has 4 nitrogen and oxygen atoms in total. The Morgan fingerprint density at radius 2 is 1.76 bits per heavy atom. The molecule has 3 rings (SSSR count). The fraction of sp³-hybridized carbons (Fsp3) is 0.125. The number of rotatable bonds is 3. The maximum atomic E-state index is 10.9. The van der Waals surface area contributed by atoms with Gasteiger partial charge in [0.2, 0.25) is 0 Å². The van der Waals surface area contributed by atoms with E-state index in [0.717, 1.165) is 18.4 Å². The highest BCUT2D eigenvalue weighted by Gasteiger charge is 2.14. The minimum absolute atomic E-state index is 0.257. The summed E-state index contributed by atoms with van der Waals surface area (Å²) >= 11 is 0. The summed E-state index contributed by atoms with van der Waals surface area (Å²) in [5.74, 6) is 0.257. The number of hydrogen-bond donors (Lipinski definition) is 1. The van der Waals surface area contributed by atoms with Gasteiger partial charge in [-0.05, 0) is 47.2 Å². The molecule has 0 spiro atoms. The molecule has 0 atom stereocenters. The zero-order valence-electron chi connectivity index (χ0n) is 11.3. The Balaban J connectivity index is 1.86. The number of fused-ring (bicyclic) bond motifs is 1. The van der Waals surface area contributed by atoms with Crippen LogP contribution in [-0.2, 0) is 23.1 Å². The molecular weight excluding hydrogens is 286 g/mol. The lowest BCUT2D eigenvalue weighted by atomic mass is 9.88. The fourth-order valence-corrected chi connectivity index (χ4v) is 2.91. The highest BCUT2D eigenvalue weighted by molar-refractivity contribution is 7.84. The van der Waals surface area contributed by atoms with Crippen LogP contribution in [0, 0.1) is 0 Å². The maximum absolute atomic E-state index is 10.9. The summed E-state index contributed by atoms with van der Waals surface area (Å²) in [6.45, 7) is 0. The van der Waals surface area contributed by atoms with Gasteiger partial charge in [-0.25, -0.2) is 0 Å². The van der Waals surface area contributed by atoms with E-state index in [2.05, 4.69) is 18.2 Å². The van der Waals surface area contributed by atoms with Gasteiger partial charge in [-0.3, -0.25) is 0 Å². The maximum Gasteiger partial charge on any atom is 0.380 e. The van der Waals surface area contributed by atoms with E-state index in [-0.39, 0.29) is 5.75 Å². The quantitative estimate of drug-likeness (QED) is 0.946. The Kier molecular flexibility index (Phi) is 3.53. The van der Waals surface area contributed by atoms with Crippen LogP contribution in [0.5, 0.6) is 5.75 Å². The van der Waals surface area contributed by atoms with E-state index in [1.165, 1.54) is 16.7 Å². The monoisotopic (exact) mass is 301 g/mol. The molecular formula is C16H15NO3S. The third-order valence-corrected chi connectivity index (χ3v) is 3.91. The SMILES string of the molecule is NS(=O)(=O)Oc1ccc2c(c1)CC=C(c1ccccc1)C2. The summed E-state index contributed by atoms with van der Waals surface area (Å²) in [4.78, 5) is 0. The number of allylic oxidation sites excluding steroid dienone is 2. The third-order valence-electron chi connectivity index (χ3n) is 3.48. The molecule has 1 aliphatic rings. The molecule has 2 N–H and O–H groups in total. The molecule has 108 valence electrons. The normalized spacial score (nSPS) is 14.2. The largest absolute Gasteiger partial charge is 0.380 e. The predicted molar refractivity (Wildman–Crippen MR) is 82.0 cm³/mol. The Hall–Kier alpha value is -2.11. The first kappa shape index (κ1) is 13.9. The van der Waals surface area contributed by atoms with Crippen molar-refractivity contribution in [2.75, 3.05) is 0 Å². The summed E-state index contributed by atoms with van der Waals surface area (Å²) in [7, 11) is -3.97. The van der Waals surface area contributed by atoms with Crippen molar-refractivity contribution in [2.24, 2.45) is 5.14 Å². The Bertz CT molecular complexity index is 796. The average Bonchev–Trinajstić information content (AvgIpc) is 2.46. The van der Waals surface area contributed by atoms with E-state index in [1.54, 1.807) is 12.1 Å². The highest BCUT2D eigenvalue weighted by Crippen LogP contribution is 2.30. The molecule has 0 fully saturated rings. The topological polar surface area (TPSA) is 69.4 Å². The van der Waals surface area contributed by atoms with Gasteiger partial charge in [0.15, 0.2) is 0 Å². The standard InChI is InChI=1S/C16H15NO3S/c17-21(18,19)20-16-9-8-14-10-13(6-7-15(14)11-16)12-4-2-1-3-5-12/h1-6,8-9,11H,7,10H2,(H2,17,18,19). The van der Waals surface area contributed by atoms with Crippen molar-refractivity contribution in [1.29, 1.82) is 0 Å². The first-order valence-electron chi connectivity index (χ1n) is 6.60. The molecule has 0 heterocycles. The van der Waals surface area contributed by atoms with Crippen LogP contribution in [0.4, 0.5) is 0 Å². The fourth-order valence-electron chi connectivity index (χ4n) is 2.53. The summed E-state index contributed by atoms with van der Waals surface area (Å²) in [5.41, 5.74) is 4.74.